The summed E-state index contributed by atoms with van der Waals surface area (Å²) < 4.78 is 38.5. The fraction of sp³-hybridized carbons (Fsp3) is 0.833. The molecule has 0 atom stereocenters. The Morgan fingerprint density at radius 1 is 0.613 bits per heavy atom. The van der Waals surface area contributed by atoms with E-state index < -0.39 is 56.8 Å². The topological polar surface area (TPSA) is 72.5 Å². The van der Waals surface area contributed by atoms with E-state index in [-0.39, 0.29) is 6.23 Å². The molecule has 0 fully saturated rings. The van der Waals surface area contributed by atoms with Crippen LogP contribution in [0.2, 0.25) is 85.1 Å². The highest BCUT2D eigenvalue weighted by Gasteiger charge is 2.55. The van der Waals surface area contributed by atoms with Crippen LogP contribution in [0.1, 0.15) is 6.92 Å². The van der Waals surface area contributed by atoms with Gasteiger partial charge >= 0.3 is 31.9 Å². The van der Waals surface area contributed by atoms with E-state index in [9.17, 15) is 4.79 Å². The predicted octanol–water partition coefficient (Wildman–Crippen LogP) is 5.58. The Morgan fingerprint density at radius 3 is 1.19 bits per heavy atom. The van der Waals surface area contributed by atoms with Crippen molar-refractivity contribution in [2.45, 2.75) is 92.0 Å². The van der Waals surface area contributed by atoms with Crippen molar-refractivity contribution in [1.82, 2.24) is 0 Å². The predicted molar refractivity (Wildman–Crippen MR) is 142 cm³/mol. The summed E-state index contributed by atoms with van der Waals surface area (Å²) in [6.45, 7) is 32.3. The molecule has 0 aromatic rings. The van der Waals surface area contributed by atoms with Crippen LogP contribution in [-0.2, 0) is 30.1 Å². The van der Waals surface area contributed by atoms with Gasteiger partial charge in [0, 0.05) is 5.57 Å². The van der Waals surface area contributed by atoms with E-state index in [1.165, 1.54) is 0 Å². The van der Waals surface area contributed by atoms with Gasteiger partial charge in [0.2, 0.25) is 0 Å². The van der Waals surface area contributed by atoms with Crippen LogP contribution in [0.25, 0.3) is 0 Å². The fourth-order valence-electron chi connectivity index (χ4n) is 3.16. The average molecular weight is 543 g/mol. The molecule has 7 nitrogen and oxygen atoms in total. The van der Waals surface area contributed by atoms with Crippen molar-refractivity contribution in [2.75, 3.05) is 6.23 Å². The molecular weight excluding hydrogens is 497 g/mol. The Bertz CT molecular complexity index is 603. The molecule has 31 heavy (non-hydrogen) atoms. The molecule has 0 N–H and O–H groups in total. The molecule has 0 aliphatic carbocycles. The van der Waals surface area contributed by atoms with Crippen molar-refractivity contribution in [1.29, 1.82) is 0 Å². The molecule has 0 aliphatic heterocycles. The van der Waals surface area contributed by atoms with Crippen LogP contribution in [0, 0.1) is 0 Å². The molecule has 0 aromatic heterocycles. The lowest BCUT2D eigenvalue weighted by molar-refractivity contribution is -0.138. The Hall–Kier alpha value is 0.311. The van der Waals surface area contributed by atoms with E-state index >= 15 is 0 Å². The molecule has 0 saturated heterocycles. The second-order valence-electron chi connectivity index (χ2n) is 11.7. The molecule has 0 heterocycles. The van der Waals surface area contributed by atoms with Crippen molar-refractivity contribution in [2.24, 2.45) is 0 Å². The van der Waals surface area contributed by atoms with E-state index in [0.717, 1.165) is 0 Å². The van der Waals surface area contributed by atoms with Gasteiger partial charge in [0.05, 0.1) is 0 Å². The number of hydrogen-bond donors (Lipinski definition) is 0. The highest BCUT2D eigenvalue weighted by molar-refractivity contribution is 6.92. The van der Waals surface area contributed by atoms with E-state index in [1.54, 1.807) is 6.92 Å². The van der Waals surface area contributed by atoms with Crippen LogP contribution in [-0.4, -0.2) is 63.1 Å². The summed E-state index contributed by atoms with van der Waals surface area (Å²) in [7, 11) is -14.8. The van der Waals surface area contributed by atoms with Crippen molar-refractivity contribution in [3.63, 3.8) is 0 Å². The van der Waals surface area contributed by atoms with Gasteiger partial charge in [0.15, 0.2) is 31.2 Å². The van der Waals surface area contributed by atoms with Crippen LogP contribution in [0.5, 0.6) is 0 Å². The molecule has 0 saturated carbocycles. The number of carbonyl (C=O) groups is 1. The summed E-state index contributed by atoms with van der Waals surface area (Å²) in [6.07, 6.45) is -0.0834. The number of rotatable bonds is 13. The first-order valence-corrected chi connectivity index (χ1v) is 28.5. The molecule has 13 heteroatoms. The Kier molecular flexibility index (Phi) is 10.8. The maximum atomic E-state index is 12.3. The summed E-state index contributed by atoms with van der Waals surface area (Å²) in [5, 5.41) is 0. The zero-order chi connectivity index (χ0) is 25.1. The monoisotopic (exact) mass is 542 g/mol. The quantitative estimate of drug-likeness (QED) is 0.171. The van der Waals surface area contributed by atoms with E-state index in [2.05, 4.69) is 65.5 Å². The summed E-state index contributed by atoms with van der Waals surface area (Å²) in [6, 6.07) is 0. The number of ether oxygens (including phenoxy) is 1. The number of esters is 1. The summed E-state index contributed by atoms with van der Waals surface area (Å²) in [5.74, 6) is -0.487. The highest BCUT2D eigenvalue weighted by Crippen LogP contribution is 2.29. The minimum Gasteiger partial charge on any atom is -0.458 e. The molecule has 0 bridgehead atoms. The Morgan fingerprint density at radius 2 is 0.935 bits per heavy atom. The molecule has 184 valence electrons. The first-order valence-electron chi connectivity index (χ1n) is 10.7. The lowest BCUT2D eigenvalue weighted by Crippen LogP contribution is -2.67. The summed E-state index contributed by atoms with van der Waals surface area (Å²) >= 11 is 0. The van der Waals surface area contributed by atoms with Crippen LogP contribution < -0.4 is 0 Å². The maximum Gasteiger partial charge on any atom is 0.512 e. The lowest BCUT2D eigenvalue weighted by atomic mass is 10.4. The molecule has 0 amide bonds. The average Bonchev–Trinajstić information content (AvgIpc) is 2.35. The summed E-state index contributed by atoms with van der Waals surface area (Å²) in [4.78, 5) is 12.3. The van der Waals surface area contributed by atoms with Crippen molar-refractivity contribution >= 4 is 56.8 Å². The second-order valence-corrected chi connectivity index (χ2v) is 35.7. The molecular formula is C18H46O7Si6. The van der Waals surface area contributed by atoms with Crippen LogP contribution >= 0.6 is 0 Å². The summed E-state index contributed by atoms with van der Waals surface area (Å²) in [5.41, 5.74) is 0.320. The molecule has 0 aliphatic rings. The van der Waals surface area contributed by atoms with Crippen molar-refractivity contribution in [3.05, 3.63) is 12.2 Å². The van der Waals surface area contributed by atoms with Crippen LogP contribution in [0.3, 0.4) is 0 Å². The SMILES string of the molecule is C=C(C)C(=O)OC[Si](O[Si](C)(C)C)(O[Si](C)(C)O[Si](C)(C)C)O[Si](C)(C)O[Si](C)(C)C. The normalized spacial score (nSPS) is 14.5. The largest absolute Gasteiger partial charge is 0.512 e. The van der Waals surface area contributed by atoms with Gasteiger partial charge in [-0.2, -0.15) is 0 Å². The van der Waals surface area contributed by atoms with E-state index in [1.807, 2.05) is 26.2 Å². The first-order chi connectivity index (χ1) is 13.4. The Labute approximate surface area is 197 Å². The number of carbonyl (C=O) groups excluding carboxylic acids is 1. The van der Waals surface area contributed by atoms with Gasteiger partial charge in [0.25, 0.3) is 0 Å². The van der Waals surface area contributed by atoms with Crippen molar-refractivity contribution in [3.8, 4) is 0 Å². The third kappa shape index (κ3) is 15.0. The number of hydrogen-bond acceptors (Lipinski definition) is 7. The van der Waals surface area contributed by atoms with E-state index in [4.69, 9.17) is 25.3 Å². The van der Waals surface area contributed by atoms with Gasteiger partial charge < -0.3 is 25.3 Å². The fourth-order valence-corrected chi connectivity index (χ4v) is 28.4. The third-order valence-corrected chi connectivity index (χ3v) is 22.5. The second kappa shape index (κ2) is 10.7. The molecule has 0 aromatic carbocycles. The molecule has 0 spiro atoms. The molecule has 0 rings (SSSR count). The lowest BCUT2D eigenvalue weighted by Gasteiger charge is -2.45. The minimum absolute atomic E-state index is 0.0834. The smallest absolute Gasteiger partial charge is 0.458 e. The van der Waals surface area contributed by atoms with E-state index in [0.29, 0.717) is 5.57 Å². The van der Waals surface area contributed by atoms with Gasteiger partial charge in [-0.05, 0) is 92.0 Å². The van der Waals surface area contributed by atoms with Crippen molar-refractivity contribution < 1.29 is 30.1 Å². The Balaban J connectivity index is 6.28. The van der Waals surface area contributed by atoms with Crippen LogP contribution in [0.15, 0.2) is 12.2 Å². The van der Waals surface area contributed by atoms with Gasteiger partial charge in [-0.1, -0.05) is 6.58 Å². The highest BCUT2D eigenvalue weighted by atomic mass is 28.5. The third-order valence-electron chi connectivity index (χ3n) is 3.10. The zero-order valence-electron chi connectivity index (χ0n) is 22.3. The molecule has 0 unspecified atom stereocenters. The molecule has 0 radical (unpaired) electrons. The first kappa shape index (κ1) is 31.3. The van der Waals surface area contributed by atoms with Gasteiger partial charge in [0.1, 0.15) is 0 Å². The van der Waals surface area contributed by atoms with Gasteiger partial charge in [-0.3, -0.25) is 0 Å². The zero-order valence-corrected chi connectivity index (χ0v) is 28.3. The standard InChI is InChI=1S/C18H46O7Si6/c1-17(2)18(19)20-16-31(23-28(9,10)11,24-29(12,13)21-26(3,4)5)25-30(14,15)22-27(6,7)8/h1,16H2,2-15H3. The van der Waals surface area contributed by atoms with Gasteiger partial charge in [-0.25, -0.2) is 4.79 Å². The van der Waals surface area contributed by atoms with Gasteiger partial charge in [-0.15, -0.1) is 0 Å². The minimum atomic E-state index is -3.51. The maximum absolute atomic E-state index is 12.3. The van der Waals surface area contributed by atoms with Crippen LogP contribution in [0.4, 0.5) is 0 Å².